The van der Waals surface area contributed by atoms with Crippen LogP contribution in [0.5, 0.6) is 0 Å². The van der Waals surface area contributed by atoms with Gasteiger partial charge >= 0.3 is 0 Å². The van der Waals surface area contributed by atoms with E-state index in [9.17, 15) is 4.79 Å². The van der Waals surface area contributed by atoms with Crippen LogP contribution < -0.4 is 5.32 Å². The maximum absolute atomic E-state index is 11.6. The van der Waals surface area contributed by atoms with Crippen LogP contribution >= 0.6 is 0 Å². The Kier molecular flexibility index (Phi) is 17.7. The van der Waals surface area contributed by atoms with Gasteiger partial charge in [-0.1, -0.05) is 34.1 Å². The van der Waals surface area contributed by atoms with Crippen LogP contribution in [0, 0.1) is 11.8 Å². The molecule has 0 aromatic rings. The Balaban J connectivity index is 3.12. The summed E-state index contributed by atoms with van der Waals surface area (Å²) < 4.78 is 16.4. The number of hydrogen-bond donors (Lipinski definition) is 1. The molecule has 25 heavy (non-hydrogen) atoms. The minimum Gasteiger partial charge on any atom is -0.379 e. The van der Waals surface area contributed by atoms with Gasteiger partial charge in [-0.15, -0.1) is 0 Å². The first-order chi connectivity index (χ1) is 12.0. The molecule has 0 saturated carbocycles. The number of rotatable bonds is 18. The molecule has 150 valence electrons. The second kappa shape index (κ2) is 18.2. The molecule has 0 heterocycles. The molecule has 0 aliphatic carbocycles. The lowest BCUT2D eigenvalue weighted by molar-refractivity contribution is -0.121. The van der Waals surface area contributed by atoms with Gasteiger partial charge in [-0.05, 0) is 37.5 Å². The quantitative estimate of drug-likeness (QED) is 0.378. The Bertz CT molecular complexity index is 295. The van der Waals surface area contributed by atoms with E-state index in [0.29, 0.717) is 51.9 Å². The summed E-state index contributed by atoms with van der Waals surface area (Å²) in [7, 11) is 0. The Hall–Kier alpha value is -0.650. The lowest BCUT2D eigenvalue weighted by atomic mass is 10.1. The first kappa shape index (κ1) is 24.4. The SMILES string of the molecule is CC(C)CCCOCCOCCOCCCNC(=O)CCCC(C)C. The standard InChI is InChI=1S/C20H41NO4/c1-18(2)8-5-10-20(22)21-11-7-13-24-15-17-25-16-14-23-12-6-9-19(3)4/h18-19H,5-17H2,1-4H3,(H,21,22). The highest BCUT2D eigenvalue weighted by Gasteiger charge is 2.01. The first-order valence-electron chi connectivity index (χ1n) is 10.0. The van der Waals surface area contributed by atoms with Gasteiger partial charge in [0.15, 0.2) is 0 Å². The number of ether oxygens (including phenoxy) is 3. The predicted molar refractivity (Wildman–Crippen MR) is 103 cm³/mol. The van der Waals surface area contributed by atoms with Gasteiger partial charge in [-0.2, -0.15) is 0 Å². The number of carbonyl (C=O) groups is 1. The number of carbonyl (C=O) groups excluding carboxylic acids is 1. The zero-order valence-electron chi connectivity index (χ0n) is 17.0. The summed E-state index contributed by atoms with van der Waals surface area (Å²) in [6.07, 6.45) is 5.89. The second-order valence-electron chi connectivity index (χ2n) is 7.36. The summed E-state index contributed by atoms with van der Waals surface area (Å²) in [5.41, 5.74) is 0. The van der Waals surface area contributed by atoms with Crippen molar-refractivity contribution in [3.63, 3.8) is 0 Å². The van der Waals surface area contributed by atoms with E-state index in [1.165, 1.54) is 6.42 Å². The maximum atomic E-state index is 11.6. The van der Waals surface area contributed by atoms with E-state index < -0.39 is 0 Å². The van der Waals surface area contributed by atoms with E-state index in [4.69, 9.17) is 14.2 Å². The average Bonchev–Trinajstić information content (AvgIpc) is 2.54. The van der Waals surface area contributed by atoms with Crippen LogP contribution in [0.15, 0.2) is 0 Å². The Morgan fingerprint density at radius 3 is 1.76 bits per heavy atom. The van der Waals surface area contributed by atoms with Crippen LogP contribution in [0.4, 0.5) is 0 Å². The second-order valence-corrected chi connectivity index (χ2v) is 7.36. The van der Waals surface area contributed by atoms with Crippen LogP contribution in [0.2, 0.25) is 0 Å². The average molecular weight is 360 g/mol. The third-order valence-electron chi connectivity index (χ3n) is 3.79. The molecule has 0 atom stereocenters. The van der Waals surface area contributed by atoms with E-state index in [1.54, 1.807) is 0 Å². The molecule has 0 bridgehead atoms. The fraction of sp³-hybridized carbons (Fsp3) is 0.950. The van der Waals surface area contributed by atoms with Crippen molar-refractivity contribution in [2.45, 2.75) is 66.2 Å². The van der Waals surface area contributed by atoms with Gasteiger partial charge in [0.2, 0.25) is 5.91 Å². The van der Waals surface area contributed by atoms with Crippen LogP contribution in [0.1, 0.15) is 66.2 Å². The van der Waals surface area contributed by atoms with E-state index in [2.05, 4.69) is 33.0 Å². The van der Waals surface area contributed by atoms with Crippen molar-refractivity contribution in [3.05, 3.63) is 0 Å². The molecule has 0 saturated heterocycles. The van der Waals surface area contributed by atoms with Crippen molar-refractivity contribution in [1.29, 1.82) is 0 Å². The lowest BCUT2D eigenvalue weighted by Gasteiger charge is -2.08. The van der Waals surface area contributed by atoms with Crippen molar-refractivity contribution in [2.75, 3.05) is 46.2 Å². The van der Waals surface area contributed by atoms with Gasteiger partial charge in [0.1, 0.15) is 0 Å². The molecule has 0 aliphatic heterocycles. The maximum Gasteiger partial charge on any atom is 0.219 e. The van der Waals surface area contributed by atoms with Crippen LogP contribution in [0.25, 0.3) is 0 Å². The van der Waals surface area contributed by atoms with Gasteiger partial charge in [-0.3, -0.25) is 4.79 Å². The van der Waals surface area contributed by atoms with Crippen LogP contribution in [-0.4, -0.2) is 52.1 Å². The normalized spacial score (nSPS) is 11.4. The van der Waals surface area contributed by atoms with Gasteiger partial charge < -0.3 is 19.5 Å². The highest BCUT2D eigenvalue weighted by atomic mass is 16.5. The lowest BCUT2D eigenvalue weighted by Crippen LogP contribution is -2.25. The summed E-state index contributed by atoms with van der Waals surface area (Å²) in [5.74, 6) is 1.56. The first-order valence-corrected chi connectivity index (χ1v) is 10.0. The molecular weight excluding hydrogens is 318 g/mol. The highest BCUT2D eigenvalue weighted by Crippen LogP contribution is 2.05. The molecule has 0 radical (unpaired) electrons. The largest absolute Gasteiger partial charge is 0.379 e. The van der Waals surface area contributed by atoms with Gasteiger partial charge in [-0.25, -0.2) is 0 Å². The number of amides is 1. The van der Waals surface area contributed by atoms with Gasteiger partial charge in [0, 0.05) is 26.2 Å². The van der Waals surface area contributed by atoms with Crippen molar-refractivity contribution in [3.8, 4) is 0 Å². The van der Waals surface area contributed by atoms with Crippen molar-refractivity contribution >= 4 is 5.91 Å². The molecule has 1 amide bonds. The van der Waals surface area contributed by atoms with Crippen LogP contribution in [-0.2, 0) is 19.0 Å². The third kappa shape index (κ3) is 21.3. The summed E-state index contributed by atoms with van der Waals surface area (Å²) in [5, 5.41) is 2.93. The minimum atomic E-state index is 0.150. The fourth-order valence-corrected chi connectivity index (χ4v) is 2.30. The predicted octanol–water partition coefficient (Wildman–Crippen LogP) is 3.81. The zero-order valence-corrected chi connectivity index (χ0v) is 17.0. The number of nitrogens with one attached hydrogen (secondary N) is 1. The molecule has 0 fully saturated rings. The molecule has 0 rings (SSSR count). The van der Waals surface area contributed by atoms with Gasteiger partial charge in [0.25, 0.3) is 0 Å². The van der Waals surface area contributed by atoms with E-state index >= 15 is 0 Å². The molecule has 0 aromatic heterocycles. The van der Waals surface area contributed by atoms with E-state index in [0.717, 1.165) is 38.2 Å². The van der Waals surface area contributed by atoms with Crippen LogP contribution in [0.3, 0.4) is 0 Å². The summed E-state index contributed by atoms with van der Waals surface area (Å²) in [6.45, 7) is 13.4. The molecule has 0 aliphatic rings. The Morgan fingerprint density at radius 1 is 0.720 bits per heavy atom. The Labute approximate surface area is 155 Å². The van der Waals surface area contributed by atoms with Gasteiger partial charge in [0.05, 0.1) is 26.4 Å². The molecule has 0 aromatic carbocycles. The Morgan fingerprint density at radius 2 is 1.20 bits per heavy atom. The molecular formula is C20H41NO4. The smallest absolute Gasteiger partial charge is 0.219 e. The van der Waals surface area contributed by atoms with Crippen molar-refractivity contribution in [1.82, 2.24) is 5.32 Å². The molecule has 0 unspecified atom stereocenters. The highest BCUT2D eigenvalue weighted by molar-refractivity contribution is 5.75. The van der Waals surface area contributed by atoms with E-state index in [1.807, 2.05) is 0 Å². The summed E-state index contributed by atoms with van der Waals surface area (Å²) in [4.78, 5) is 11.6. The third-order valence-corrected chi connectivity index (χ3v) is 3.79. The zero-order chi connectivity index (χ0) is 18.8. The minimum absolute atomic E-state index is 0.150. The van der Waals surface area contributed by atoms with E-state index in [-0.39, 0.29) is 5.91 Å². The number of hydrogen-bond acceptors (Lipinski definition) is 4. The molecule has 5 nitrogen and oxygen atoms in total. The topological polar surface area (TPSA) is 56.8 Å². The van der Waals surface area contributed by atoms with Crippen molar-refractivity contribution < 1.29 is 19.0 Å². The fourth-order valence-electron chi connectivity index (χ4n) is 2.30. The molecule has 5 heteroatoms. The molecule has 0 spiro atoms. The summed E-state index contributed by atoms with van der Waals surface area (Å²) in [6, 6.07) is 0. The molecule has 1 N–H and O–H groups in total. The summed E-state index contributed by atoms with van der Waals surface area (Å²) >= 11 is 0. The van der Waals surface area contributed by atoms with Crippen molar-refractivity contribution in [2.24, 2.45) is 11.8 Å². The monoisotopic (exact) mass is 359 g/mol.